The summed E-state index contributed by atoms with van der Waals surface area (Å²) in [6, 6.07) is 0. The Morgan fingerprint density at radius 1 is 1.54 bits per heavy atom. The van der Waals surface area contributed by atoms with Gasteiger partial charge in [-0.3, -0.25) is 9.18 Å². The average Bonchev–Trinajstić information content (AvgIpc) is 2.09. The van der Waals surface area contributed by atoms with Crippen molar-refractivity contribution in [1.29, 1.82) is 0 Å². The first-order valence-corrected chi connectivity index (χ1v) is 5.46. The number of halogens is 1. The highest BCUT2D eigenvalue weighted by atomic mass is 32.2. The summed E-state index contributed by atoms with van der Waals surface area (Å²) >= 11 is 1.05. The van der Waals surface area contributed by atoms with Crippen LogP contribution in [0.2, 0.25) is 0 Å². The van der Waals surface area contributed by atoms with Gasteiger partial charge in [0.15, 0.2) is 0 Å². The van der Waals surface area contributed by atoms with Gasteiger partial charge in [-0.25, -0.2) is 0 Å². The van der Waals surface area contributed by atoms with Crippen LogP contribution in [0.1, 0.15) is 33.1 Å². The third kappa shape index (κ3) is 9.67. The molecule has 0 radical (unpaired) electrons. The Balaban J connectivity index is 3.20. The Labute approximate surface area is 83.4 Å². The van der Waals surface area contributed by atoms with E-state index in [1.807, 2.05) is 0 Å². The maximum atomic E-state index is 11.6. The van der Waals surface area contributed by atoms with Crippen molar-refractivity contribution in [3.05, 3.63) is 0 Å². The van der Waals surface area contributed by atoms with Crippen LogP contribution in [0, 0.1) is 5.92 Å². The fourth-order valence-electron chi connectivity index (χ4n) is 0.669. The van der Waals surface area contributed by atoms with Crippen molar-refractivity contribution in [2.45, 2.75) is 33.1 Å². The second-order valence-electron chi connectivity index (χ2n) is 3.25. The van der Waals surface area contributed by atoms with Crippen LogP contribution in [-0.4, -0.2) is 18.4 Å². The predicted molar refractivity (Wildman–Crippen MR) is 53.2 cm³/mol. The van der Waals surface area contributed by atoms with E-state index in [1.54, 1.807) is 0 Å². The van der Waals surface area contributed by atoms with E-state index < -0.39 is 0 Å². The fourth-order valence-corrected chi connectivity index (χ4v) is 1.19. The first kappa shape index (κ1) is 12.8. The first-order chi connectivity index (χ1) is 6.16. The Kier molecular flexibility index (Phi) is 8.19. The van der Waals surface area contributed by atoms with Crippen LogP contribution in [0.25, 0.3) is 0 Å². The molecule has 0 fully saturated rings. The average molecular weight is 208 g/mol. The zero-order valence-corrected chi connectivity index (χ0v) is 9.03. The minimum absolute atomic E-state index is 0.197. The fraction of sp³-hybridized carbons (Fsp3) is 0.889. The van der Waals surface area contributed by atoms with Crippen LogP contribution >= 0.6 is 12.0 Å². The molecule has 2 nitrogen and oxygen atoms in total. The molecule has 0 aliphatic carbocycles. The molecule has 0 bridgehead atoms. The Hall–Kier alpha value is -0.250. The maximum Gasteiger partial charge on any atom is 0.317 e. The Morgan fingerprint density at radius 2 is 2.23 bits per heavy atom. The summed E-state index contributed by atoms with van der Waals surface area (Å²) < 4.78 is 16.4. The van der Waals surface area contributed by atoms with Crippen LogP contribution in [0.3, 0.4) is 0 Å². The molecule has 0 N–H and O–H groups in total. The van der Waals surface area contributed by atoms with Gasteiger partial charge in [0.1, 0.15) is 0 Å². The third-order valence-electron chi connectivity index (χ3n) is 1.44. The quantitative estimate of drug-likeness (QED) is 0.475. The third-order valence-corrected chi connectivity index (χ3v) is 2.20. The maximum absolute atomic E-state index is 11.6. The predicted octanol–water partition coefficient (Wildman–Crippen LogP) is 2.97. The smallest absolute Gasteiger partial charge is 0.317 e. The van der Waals surface area contributed by atoms with Gasteiger partial charge < -0.3 is 4.18 Å². The van der Waals surface area contributed by atoms with Crippen LogP contribution < -0.4 is 0 Å². The molecule has 0 amide bonds. The van der Waals surface area contributed by atoms with Crippen molar-refractivity contribution in [3.63, 3.8) is 0 Å². The zero-order valence-electron chi connectivity index (χ0n) is 8.22. The van der Waals surface area contributed by atoms with Gasteiger partial charge in [0, 0.05) is 12.2 Å². The molecule has 0 unspecified atom stereocenters. The molecule has 0 saturated heterocycles. The van der Waals surface area contributed by atoms with E-state index in [1.165, 1.54) is 0 Å². The number of alkyl halides is 1. The van der Waals surface area contributed by atoms with Gasteiger partial charge in [0.2, 0.25) is 0 Å². The van der Waals surface area contributed by atoms with Gasteiger partial charge in [0.05, 0.1) is 18.7 Å². The van der Waals surface area contributed by atoms with Crippen LogP contribution in [0.5, 0.6) is 0 Å². The van der Waals surface area contributed by atoms with Gasteiger partial charge in [-0.15, -0.1) is 0 Å². The Morgan fingerprint density at radius 3 is 2.77 bits per heavy atom. The molecule has 13 heavy (non-hydrogen) atoms. The Bertz CT molecular complexity index is 140. The van der Waals surface area contributed by atoms with E-state index in [4.69, 9.17) is 4.18 Å². The molecule has 0 aromatic heterocycles. The second-order valence-corrected chi connectivity index (χ2v) is 4.06. The molecule has 0 aliphatic heterocycles. The summed E-state index contributed by atoms with van der Waals surface area (Å²) in [6.45, 7) is 3.77. The number of carbonyl (C=O) groups is 1. The van der Waals surface area contributed by atoms with E-state index in [0.29, 0.717) is 24.5 Å². The van der Waals surface area contributed by atoms with E-state index in [0.717, 1.165) is 18.5 Å². The van der Waals surface area contributed by atoms with Gasteiger partial charge >= 0.3 is 5.97 Å². The summed E-state index contributed by atoms with van der Waals surface area (Å²) in [5.74, 6) is 0.866. The van der Waals surface area contributed by atoms with Crippen molar-refractivity contribution in [2.75, 3.05) is 12.4 Å². The van der Waals surface area contributed by atoms with E-state index in [-0.39, 0.29) is 12.6 Å². The molecule has 0 aromatic rings. The van der Waals surface area contributed by atoms with Crippen molar-refractivity contribution >= 4 is 18.0 Å². The minimum Gasteiger partial charge on any atom is -0.391 e. The van der Waals surface area contributed by atoms with E-state index >= 15 is 0 Å². The highest BCUT2D eigenvalue weighted by Gasteiger charge is 2.04. The summed E-state index contributed by atoms with van der Waals surface area (Å²) in [7, 11) is 0. The second kappa shape index (κ2) is 8.35. The van der Waals surface area contributed by atoms with Gasteiger partial charge in [-0.2, -0.15) is 0 Å². The lowest BCUT2D eigenvalue weighted by molar-refractivity contribution is -0.133. The number of carbonyl (C=O) groups excluding carboxylic acids is 1. The molecule has 0 aliphatic rings. The number of rotatable bonds is 7. The van der Waals surface area contributed by atoms with Crippen molar-refractivity contribution in [2.24, 2.45) is 5.92 Å². The number of hydrogen-bond donors (Lipinski definition) is 0. The molecule has 0 aromatic carbocycles. The number of hydrogen-bond acceptors (Lipinski definition) is 3. The normalized spacial score (nSPS) is 10.5. The minimum atomic E-state index is -0.351. The van der Waals surface area contributed by atoms with E-state index in [2.05, 4.69) is 13.8 Å². The first-order valence-electron chi connectivity index (χ1n) is 4.55. The molecular formula is C9H17FO2S. The SMILES string of the molecule is CC(C)CCC(=O)OSCCCF. The van der Waals surface area contributed by atoms with Crippen molar-refractivity contribution in [1.82, 2.24) is 0 Å². The molecule has 0 atom stereocenters. The van der Waals surface area contributed by atoms with Crippen LogP contribution in [0.15, 0.2) is 0 Å². The highest BCUT2D eigenvalue weighted by molar-refractivity contribution is 7.95. The lowest BCUT2D eigenvalue weighted by Crippen LogP contribution is -2.01. The lowest BCUT2D eigenvalue weighted by Gasteiger charge is -2.03. The summed E-state index contributed by atoms with van der Waals surface area (Å²) in [6.07, 6.45) is 1.75. The summed E-state index contributed by atoms with van der Waals surface area (Å²) in [4.78, 5) is 11.0. The summed E-state index contributed by atoms with van der Waals surface area (Å²) in [5.41, 5.74) is 0. The topological polar surface area (TPSA) is 26.3 Å². The van der Waals surface area contributed by atoms with Gasteiger partial charge in [-0.1, -0.05) is 13.8 Å². The molecular weight excluding hydrogens is 191 g/mol. The van der Waals surface area contributed by atoms with Crippen LogP contribution in [-0.2, 0) is 8.98 Å². The van der Waals surface area contributed by atoms with Crippen molar-refractivity contribution in [3.8, 4) is 0 Å². The highest BCUT2D eigenvalue weighted by Crippen LogP contribution is 2.10. The van der Waals surface area contributed by atoms with Gasteiger partial charge in [-0.05, 0) is 18.8 Å². The van der Waals surface area contributed by atoms with Gasteiger partial charge in [0.25, 0.3) is 0 Å². The standard InChI is InChI=1S/C9H17FO2S/c1-8(2)4-5-9(11)12-13-7-3-6-10/h8H,3-7H2,1-2H3. The monoisotopic (exact) mass is 208 g/mol. The molecule has 4 heteroatoms. The van der Waals surface area contributed by atoms with E-state index in [9.17, 15) is 9.18 Å². The largest absolute Gasteiger partial charge is 0.391 e. The van der Waals surface area contributed by atoms with Crippen molar-refractivity contribution < 1.29 is 13.4 Å². The van der Waals surface area contributed by atoms with Crippen LogP contribution in [0.4, 0.5) is 4.39 Å². The molecule has 0 spiro atoms. The molecule has 0 saturated carbocycles. The lowest BCUT2D eigenvalue weighted by atomic mass is 10.1. The molecule has 0 heterocycles. The molecule has 78 valence electrons. The zero-order chi connectivity index (χ0) is 10.1. The summed E-state index contributed by atoms with van der Waals surface area (Å²) in [5, 5.41) is 0. The molecule has 0 rings (SSSR count).